The molecular weight excluding hydrogens is 369 g/mol. The van der Waals surface area contributed by atoms with Crippen LogP contribution < -0.4 is 0 Å². The third-order valence-electron chi connectivity index (χ3n) is 4.47. The largest absolute Gasteiger partial charge is 0.379 e. The molecule has 3 nitrogen and oxygen atoms in total. The topological polar surface area (TPSA) is 29.5 Å². The second-order valence-electron chi connectivity index (χ2n) is 6.29. The zero-order valence-electron chi connectivity index (χ0n) is 14.9. The molecule has 1 atom stereocenters. The fraction of sp³-hybridized carbons (Fsp3) is 0.400. The van der Waals surface area contributed by atoms with Crippen LogP contribution in [0.4, 0.5) is 4.39 Å². The predicted molar refractivity (Wildman–Crippen MR) is 108 cm³/mol. The molecule has 2 aromatic carbocycles. The normalized spacial score (nSPS) is 16.5. The van der Waals surface area contributed by atoms with E-state index in [-0.39, 0.29) is 5.82 Å². The van der Waals surface area contributed by atoms with Crippen LogP contribution in [0.1, 0.15) is 5.56 Å². The first-order chi connectivity index (χ1) is 12.6. The summed E-state index contributed by atoms with van der Waals surface area (Å²) in [5.74, 6) is 1.65. The maximum Gasteiger partial charge on any atom is 0.123 e. The molecule has 0 aromatic heterocycles. The third kappa shape index (κ3) is 5.39. The summed E-state index contributed by atoms with van der Waals surface area (Å²) in [6, 6.07) is 12.5. The molecule has 0 saturated carbocycles. The molecule has 26 heavy (non-hydrogen) atoms. The second kappa shape index (κ2) is 9.65. The summed E-state index contributed by atoms with van der Waals surface area (Å²) in [7, 11) is -1.05. The molecule has 0 N–H and O–H groups in total. The zero-order valence-corrected chi connectivity index (χ0v) is 16.6. The average molecular weight is 394 g/mol. The van der Waals surface area contributed by atoms with Crippen molar-refractivity contribution in [3.05, 3.63) is 53.8 Å². The Morgan fingerprint density at radius 3 is 2.50 bits per heavy atom. The van der Waals surface area contributed by atoms with Crippen LogP contribution in [0.25, 0.3) is 11.1 Å². The van der Waals surface area contributed by atoms with Gasteiger partial charge < -0.3 is 4.74 Å². The van der Waals surface area contributed by atoms with Crippen molar-refractivity contribution in [3.63, 3.8) is 0 Å². The highest BCUT2D eigenvalue weighted by molar-refractivity contribution is 7.98. The van der Waals surface area contributed by atoms with Crippen LogP contribution in [0.2, 0.25) is 0 Å². The van der Waals surface area contributed by atoms with Crippen LogP contribution in [0.5, 0.6) is 0 Å². The zero-order chi connectivity index (χ0) is 18.4. The maximum atomic E-state index is 13.1. The number of rotatable bonds is 7. The lowest BCUT2D eigenvalue weighted by molar-refractivity contribution is 0.0410. The van der Waals surface area contributed by atoms with Crippen molar-refractivity contribution in [1.29, 1.82) is 0 Å². The smallest absolute Gasteiger partial charge is 0.123 e. The third-order valence-corrected chi connectivity index (χ3v) is 6.45. The van der Waals surface area contributed by atoms with Crippen LogP contribution in [0, 0.1) is 5.82 Å². The minimum atomic E-state index is -1.05. The highest BCUT2D eigenvalue weighted by Gasteiger charge is 2.11. The van der Waals surface area contributed by atoms with Gasteiger partial charge in [0.2, 0.25) is 0 Å². The van der Waals surface area contributed by atoms with E-state index < -0.39 is 10.8 Å². The quantitative estimate of drug-likeness (QED) is 0.670. The lowest BCUT2D eigenvalue weighted by Gasteiger charge is -2.26. The fourth-order valence-electron chi connectivity index (χ4n) is 2.96. The molecular formula is C20H24FNO2S2. The Balaban J connectivity index is 1.63. The number of halogens is 1. The summed E-state index contributed by atoms with van der Waals surface area (Å²) in [5, 5.41) is 0. The van der Waals surface area contributed by atoms with Gasteiger partial charge in [-0.05, 0) is 34.9 Å². The van der Waals surface area contributed by atoms with Gasteiger partial charge in [-0.3, -0.25) is 9.11 Å². The van der Waals surface area contributed by atoms with E-state index >= 15 is 0 Å². The molecule has 1 unspecified atom stereocenters. The molecule has 3 rings (SSSR count). The second-order valence-corrected chi connectivity index (χ2v) is 8.74. The van der Waals surface area contributed by atoms with Gasteiger partial charge >= 0.3 is 0 Å². The summed E-state index contributed by atoms with van der Waals surface area (Å²) in [4.78, 5) is 3.29. The number of thioether (sulfide) groups is 1. The van der Waals surface area contributed by atoms with Crippen LogP contribution in [-0.2, 0) is 21.3 Å². The minimum Gasteiger partial charge on any atom is -0.379 e. The Morgan fingerprint density at radius 2 is 1.81 bits per heavy atom. The van der Waals surface area contributed by atoms with Crippen molar-refractivity contribution < 1.29 is 13.3 Å². The van der Waals surface area contributed by atoms with E-state index in [1.807, 2.05) is 23.9 Å². The Kier molecular flexibility index (Phi) is 7.25. The van der Waals surface area contributed by atoms with Gasteiger partial charge in [0.05, 0.1) is 24.0 Å². The molecule has 0 aliphatic carbocycles. The van der Waals surface area contributed by atoms with Crippen LogP contribution in [0.3, 0.4) is 0 Å². The standard InChI is InChI=1S/C20H24FNO2S2/c1-26(23)20-14-17(16-4-6-19(21)7-5-16)2-3-18(20)15-25-13-10-22-8-11-24-12-9-22/h2-7,14H,8-13,15H2,1H3. The number of benzene rings is 2. The number of hydrogen-bond acceptors (Lipinski definition) is 4. The van der Waals surface area contributed by atoms with Crippen LogP contribution in [-0.4, -0.2) is 54.0 Å². The lowest BCUT2D eigenvalue weighted by Crippen LogP contribution is -2.37. The molecule has 2 aromatic rings. The molecule has 1 aliphatic rings. The molecule has 0 amide bonds. The van der Waals surface area contributed by atoms with E-state index in [4.69, 9.17) is 4.74 Å². The molecule has 1 fully saturated rings. The number of hydrogen-bond donors (Lipinski definition) is 0. The van der Waals surface area contributed by atoms with Gasteiger partial charge in [-0.25, -0.2) is 4.39 Å². The van der Waals surface area contributed by atoms with Crippen molar-refractivity contribution in [2.45, 2.75) is 10.6 Å². The Bertz CT molecular complexity index is 746. The summed E-state index contributed by atoms with van der Waals surface area (Å²) in [6.45, 7) is 4.74. The molecule has 1 aliphatic heterocycles. The van der Waals surface area contributed by atoms with E-state index in [9.17, 15) is 8.60 Å². The Labute approximate surface area is 161 Å². The Hall–Kier alpha value is -1.21. The van der Waals surface area contributed by atoms with E-state index in [2.05, 4.69) is 11.0 Å². The van der Waals surface area contributed by atoms with E-state index in [1.54, 1.807) is 18.4 Å². The van der Waals surface area contributed by atoms with Crippen molar-refractivity contribution >= 4 is 22.6 Å². The van der Waals surface area contributed by atoms with Crippen molar-refractivity contribution in [2.75, 3.05) is 44.9 Å². The number of nitrogens with zero attached hydrogens (tertiary/aromatic N) is 1. The summed E-state index contributed by atoms with van der Waals surface area (Å²) in [6.07, 6.45) is 1.71. The highest BCUT2D eigenvalue weighted by Crippen LogP contribution is 2.27. The average Bonchev–Trinajstić information content (AvgIpc) is 2.66. The first-order valence-electron chi connectivity index (χ1n) is 8.73. The van der Waals surface area contributed by atoms with Gasteiger partial charge in [0.25, 0.3) is 0 Å². The predicted octanol–water partition coefficient (Wildman–Crippen LogP) is 3.80. The van der Waals surface area contributed by atoms with Crippen molar-refractivity contribution in [3.8, 4) is 11.1 Å². The van der Waals surface area contributed by atoms with Crippen LogP contribution >= 0.6 is 11.8 Å². The van der Waals surface area contributed by atoms with E-state index in [1.165, 1.54) is 12.1 Å². The van der Waals surface area contributed by atoms with E-state index in [0.29, 0.717) is 0 Å². The molecule has 0 spiro atoms. The van der Waals surface area contributed by atoms with Crippen molar-refractivity contribution in [1.82, 2.24) is 4.90 Å². The first-order valence-corrected chi connectivity index (χ1v) is 11.4. The number of ether oxygens (including phenoxy) is 1. The van der Waals surface area contributed by atoms with Gasteiger partial charge in [0.1, 0.15) is 5.82 Å². The van der Waals surface area contributed by atoms with Gasteiger partial charge in [0, 0.05) is 42.3 Å². The SMILES string of the molecule is CS(=O)c1cc(-c2ccc(F)cc2)ccc1CSCCN1CCOCC1. The first kappa shape index (κ1) is 19.5. The maximum absolute atomic E-state index is 13.1. The lowest BCUT2D eigenvalue weighted by atomic mass is 10.0. The van der Waals surface area contributed by atoms with Gasteiger partial charge in [-0.2, -0.15) is 11.8 Å². The monoisotopic (exact) mass is 393 g/mol. The minimum absolute atomic E-state index is 0.249. The van der Waals surface area contributed by atoms with Gasteiger partial charge in [-0.1, -0.05) is 24.3 Å². The van der Waals surface area contributed by atoms with Crippen LogP contribution in [0.15, 0.2) is 47.4 Å². The summed E-state index contributed by atoms with van der Waals surface area (Å²) >= 11 is 1.87. The molecule has 6 heteroatoms. The molecule has 0 bridgehead atoms. The van der Waals surface area contributed by atoms with Gasteiger partial charge in [-0.15, -0.1) is 0 Å². The Morgan fingerprint density at radius 1 is 1.12 bits per heavy atom. The van der Waals surface area contributed by atoms with Crippen molar-refractivity contribution in [2.24, 2.45) is 0 Å². The summed E-state index contributed by atoms with van der Waals surface area (Å²) in [5.41, 5.74) is 3.02. The van der Waals surface area contributed by atoms with E-state index in [0.717, 1.165) is 65.9 Å². The van der Waals surface area contributed by atoms with Gasteiger partial charge in [0.15, 0.2) is 0 Å². The highest BCUT2D eigenvalue weighted by atomic mass is 32.2. The number of morpholine rings is 1. The fourth-order valence-corrected chi connectivity index (χ4v) is 4.86. The molecule has 1 heterocycles. The molecule has 140 valence electrons. The summed E-state index contributed by atoms with van der Waals surface area (Å²) < 4.78 is 30.7. The molecule has 1 saturated heterocycles. The molecule has 0 radical (unpaired) electrons.